The zero-order valence-corrected chi connectivity index (χ0v) is 31.7. The summed E-state index contributed by atoms with van der Waals surface area (Å²) in [6, 6.07) is 37.6. The Morgan fingerprint density at radius 3 is 2.13 bits per heavy atom. The third-order valence-corrected chi connectivity index (χ3v) is 10.4. The number of amides is 1. The van der Waals surface area contributed by atoms with Crippen molar-refractivity contribution in [2.45, 2.75) is 50.7 Å². The smallest absolute Gasteiger partial charge is 0.342 e. The molecule has 0 saturated carbocycles. The molecule has 0 unspecified atom stereocenters. The molecule has 1 aliphatic rings. The van der Waals surface area contributed by atoms with Crippen LogP contribution in [0.3, 0.4) is 0 Å². The van der Waals surface area contributed by atoms with Gasteiger partial charge in [-0.1, -0.05) is 79.2 Å². The zero-order valence-electron chi connectivity index (χ0n) is 30.9. The molecule has 6 rings (SSSR count). The van der Waals surface area contributed by atoms with Crippen molar-refractivity contribution in [2.24, 2.45) is 0 Å². The largest absolute Gasteiger partial charge is 0.507 e. The molecule has 10 heteroatoms. The second-order valence-electron chi connectivity index (χ2n) is 13.2. The van der Waals surface area contributed by atoms with E-state index in [9.17, 15) is 19.5 Å². The summed E-state index contributed by atoms with van der Waals surface area (Å²) >= 11 is 1.79. The zero-order chi connectivity index (χ0) is 38.5. The number of ether oxygens (including phenoxy) is 1. The van der Waals surface area contributed by atoms with Crippen molar-refractivity contribution >= 4 is 41.7 Å². The first-order valence-electron chi connectivity index (χ1n) is 18.0. The Kier molecular flexibility index (Phi) is 14.3. The van der Waals surface area contributed by atoms with Crippen molar-refractivity contribution in [3.8, 4) is 5.75 Å². The first kappa shape index (κ1) is 39.6. The van der Waals surface area contributed by atoms with Gasteiger partial charge in [0, 0.05) is 42.0 Å². The lowest BCUT2D eigenvalue weighted by Gasteiger charge is -2.34. The van der Waals surface area contributed by atoms with Crippen LogP contribution < -0.4 is 9.80 Å². The Labute approximate surface area is 321 Å². The molecule has 1 heterocycles. The molecular formula is C44H47N3O6S. The van der Waals surface area contributed by atoms with Gasteiger partial charge in [-0.2, -0.15) is 0 Å². The lowest BCUT2D eigenvalue weighted by molar-refractivity contribution is -0.107. The number of carbonyl (C=O) groups excluding carboxylic acids is 2. The van der Waals surface area contributed by atoms with Crippen LogP contribution >= 0.6 is 11.9 Å². The summed E-state index contributed by atoms with van der Waals surface area (Å²) in [6.45, 7) is 7.51. The predicted molar refractivity (Wildman–Crippen MR) is 215 cm³/mol. The lowest BCUT2D eigenvalue weighted by Crippen LogP contribution is -2.32. The SMILES string of the molecule is CCN(C)Sc1ccc(C)cc1.O=CN(Cc1ccc(C2CCN(c3ccc(C(=O)O)cc3)CC2)cc1)c1ccc(C(=O)OCc2ccccc2)c(O)c1. The van der Waals surface area contributed by atoms with Crippen LogP contribution in [0, 0.1) is 6.92 Å². The first-order valence-corrected chi connectivity index (χ1v) is 18.8. The van der Waals surface area contributed by atoms with Gasteiger partial charge in [0.2, 0.25) is 6.41 Å². The van der Waals surface area contributed by atoms with E-state index in [4.69, 9.17) is 9.84 Å². The number of hydrogen-bond acceptors (Lipinski definition) is 8. The number of aromatic hydroxyl groups is 1. The summed E-state index contributed by atoms with van der Waals surface area (Å²) in [5.74, 6) is -1.40. The molecule has 0 atom stereocenters. The minimum atomic E-state index is -0.923. The molecule has 5 aromatic carbocycles. The van der Waals surface area contributed by atoms with Gasteiger partial charge in [0.15, 0.2) is 0 Å². The maximum absolute atomic E-state index is 12.5. The van der Waals surface area contributed by atoms with Crippen LogP contribution in [0.1, 0.15) is 68.7 Å². The monoisotopic (exact) mass is 745 g/mol. The van der Waals surface area contributed by atoms with Gasteiger partial charge in [0.05, 0.1) is 12.1 Å². The number of nitrogens with zero attached hydrogens (tertiary/aromatic N) is 3. The van der Waals surface area contributed by atoms with Crippen molar-refractivity contribution in [3.05, 3.63) is 155 Å². The molecule has 0 spiro atoms. The van der Waals surface area contributed by atoms with Gasteiger partial charge in [-0.3, -0.25) is 4.79 Å². The van der Waals surface area contributed by atoms with Crippen LogP contribution in [0.4, 0.5) is 11.4 Å². The van der Waals surface area contributed by atoms with E-state index in [1.807, 2.05) is 54.6 Å². The second kappa shape index (κ2) is 19.5. The summed E-state index contributed by atoms with van der Waals surface area (Å²) in [5.41, 5.74) is 6.17. The number of carboxylic acids is 1. The summed E-state index contributed by atoms with van der Waals surface area (Å²) < 4.78 is 7.53. The predicted octanol–water partition coefficient (Wildman–Crippen LogP) is 8.95. The summed E-state index contributed by atoms with van der Waals surface area (Å²) in [7, 11) is 2.10. The van der Waals surface area contributed by atoms with E-state index in [0.29, 0.717) is 24.6 Å². The van der Waals surface area contributed by atoms with Crippen molar-refractivity contribution in [1.82, 2.24) is 4.31 Å². The number of carbonyl (C=O) groups is 3. The van der Waals surface area contributed by atoms with Crippen molar-refractivity contribution in [1.29, 1.82) is 0 Å². The number of anilines is 2. The molecule has 0 radical (unpaired) electrons. The van der Waals surface area contributed by atoms with Gasteiger partial charge in [-0.15, -0.1) is 0 Å². The number of rotatable bonds is 13. The Hall–Kier alpha value is -5.58. The summed E-state index contributed by atoms with van der Waals surface area (Å²) in [5, 5.41) is 19.6. The fraction of sp³-hybridized carbons (Fsp3) is 0.250. The molecule has 1 saturated heterocycles. The molecule has 1 fully saturated rings. The number of hydrogen-bond donors (Lipinski definition) is 2. The van der Waals surface area contributed by atoms with Gasteiger partial charge in [-0.05, 0) is 110 Å². The standard InChI is InChI=1S/C34H32N2O6.C10H15NS/c37-23-36(30-14-15-31(32(38)20-30)34(41)42-22-25-4-2-1-3-5-25)21-24-6-8-26(9-7-24)27-16-18-35(19-17-27)29-12-10-28(11-13-29)33(39)40;1-4-11(3)12-10-7-5-9(2)6-8-10/h1-15,20,23,27,38H,16-19,21-22H2,(H,39,40);5-8H,4H2,1-3H3. The average molecular weight is 746 g/mol. The molecule has 2 N–H and O–H groups in total. The van der Waals surface area contributed by atoms with Crippen LogP contribution in [0.15, 0.2) is 126 Å². The van der Waals surface area contributed by atoms with E-state index >= 15 is 0 Å². The van der Waals surface area contributed by atoms with E-state index in [-0.39, 0.29) is 23.5 Å². The lowest BCUT2D eigenvalue weighted by atomic mass is 9.88. The highest BCUT2D eigenvalue weighted by atomic mass is 32.2. The van der Waals surface area contributed by atoms with E-state index in [1.54, 1.807) is 30.1 Å². The highest BCUT2D eigenvalue weighted by molar-refractivity contribution is 7.97. The van der Waals surface area contributed by atoms with E-state index in [2.05, 4.69) is 66.5 Å². The molecular weight excluding hydrogens is 699 g/mol. The molecule has 0 aromatic heterocycles. The number of aryl methyl sites for hydroxylation is 1. The van der Waals surface area contributed by atoms with Crippen molar-refractivity contribution in [2.75, 3.05) is 36.5 Å². The number of carboxylic acid groups (broad SMARTS) is 1. The van der Waals surface area contributed by atoms with Crippen LogP contribution in [0.5, 0.6) is 5.75 Å². The minimum absolute atomic E-state index is 0.0354. The number of benzene rings is 5. The van der Waals surface area contributed by atoms with Crippen molar-refractivity contribution in [3.63, 3.8) is 0 Å². The fourth-order valence-corrected chi connectivity index (χ4v) is 6.83. The number of esters is 1. The first-order chi connectivity index (χ1) is 26.1. The van der Waals surface area contributed by atoms with Crippen LogP contribution in [-0.4, -0.2) is 59.5 Å². The average Bonchev–Trinajstić information content (AvgIpc) is 3.20. The molecule has 1 aliphatic heterocycles. The molecule has 0 aliphatic carbocycles. The van der Waals surface area contributed by atoms with Crippen LogP contribution in [0.25, 0.3) is 0 Å². The van der Waals surface area contributed by atoms with E-state index in [0.717, 1.165) is 49.3 Å². The molecule has 9 nitrogen and oxygen atoms in total. The molecule has 5 aromatic rings. The van der Waals surface area contributed by atoms with Gasteiger partial charge in [0.25, 0.3) is 0 Å². The quantitative estimate of drug-likeness (QED) is 0.0694. The molecule has 54 heavy (non-hydrogen) atoms. The molecule has 280 valence electrons. The Balaban J connectivity index is 0.000000398. The van der Waals surface area contributed by atoms with E-state index in [1.165, 1.54) is 33.1 Å². The molecule has 1 amide bonds. The topological polar surface area (TPSA) is 111 Å². The van der Waals surface area contributed by atoms with Gasteiger partial charge >= 0.3 is 11.9 Å². The maximum Gasteiger partial charge on any atom is 0.342 e. The van der Waals surface area contributed by atoms with Gasteiger partial charge in [-0.25, -0.2) is 13.9 Å². The van der Waals surface area contributed by atoms with Crippen LogP contribution in [-0.2, 0) is 22.7 Å². The summed E-state index contributed by atoms with van der Waals surface area (Å²) in [6.07, 6.45) is 2.68. The normalized spacial score (nSPS) is 12.8. The highest BCUT2D eigenvalue weighted by Gasteiger charge is 2.22. The highest BCUT2D eigenvalue weighted by Crippen LogP contribution is 2.32. The third-order valence-electron chi connectivity index (χ3n) is 9.38. The number of phenolic OH excluding ortho intramolecular Hbond substituents is 1. The van der Waals surface area contributed by atoms with Gasteiger partial charge in [0.1, 0.15) is 17.9 Å². The maximum atomic E-state index is 12.5. The third kappa shape index (κ3) is 11.2. The Morgan fingerprint density at radius 2 is 1.54 bits per heavy atom. The number of aromatic carboxylic acids is 1. The minimum Gasteiger partial charge on any atom is -0.507 e. The van der Waals surface area contributed by atoms with Crippen molar-refractivity contribution < 1.29 is 29.3 Å². The number of piperidine rings is 1. The van der Waals surface area contributed by atoms with E-state index < -0.39 is 11.9 Å². The number of phenols is 1. The van der Waals surface area contributed by atoms with Crippen LogP contribution in [0.2, 0.25) is 0 Å². The summed E-state index contributed by atoms with van der Waals surface area (Å²) in [4.78, 5) is 40.6. The second-order valence-corrected chi connectivity index (χ2v) is 14.5. The molecule has 0 bridgehead atoms. The fourth-order valence-electron chi connectivity index (χ4n) is 6.08. The Morgan fingerprint density at radius 1 is 0.870 bits per heavy atom. The van der Waals surface area contributed by atoms with Gasteiger partial charge < -0.3 is 24.7 Å². The Bertz CT molecular complexity index is 1960.